The number of nitrogen functional groups attached to an aromatic ring is 1. The Kier molecular flexibility index (Phi) is 3.72. The number of aromatic nitrogens is 2. The van der Waals surface area contributed by atoms with Gasteiger partial charge in [0.05, 0.1) is 10.3 Å². The topological polar surface area (TPSA) is 94.9 Å². The fourth-order valence-electron chi connectivity index (χ4n) is 1.78. The average molecular weight is 318 g/mol. The first kappa shape index (κ1) is 13.8. The van der Waals surface area contributed by atoms with Crippen molar-refractivity contribution in [1.29, 1.82) is 0 Å². The van der Waals surface area contributed by atoms with Crippen molar-refractivity contribution in [1.82, 2.24) is 9.97 Å². The maximum absolute atomic E-state index is 10.6. The molecule has 21 heavy (non-hydrogen) atoms. The number of anilines is 1. The van der Waals surface area contributed by atoms with Crippen molar-refractivity contribution in [2.24, 2.45) is 0 Å². The summed E-state index contributed by atoms with van der Waals surface area (Å²) in [6, 6.07) is 8.36. The number of hydrogen-bond donors (Lipinski definition) is 1. The first-order chi connectivity index (χ1) is 10.1. The van der Waals surface area contributed by atoms with Gasteiger partial charge in [-0.2, -0.15) is 0 Å². The Labute approximate surface area is 128 Å². The van der Waals surface area contributed by atoms with E-state index < -0.39 is 4.92 Å². The Hall–Kier alpha value is -2.19. The molecule has 2 heterocycles. The predicted molar refractivity (Wildman–Crippen MR) is 84.5 cm³/mol. The number of thioether (sulfide) groups is 1. The molecule has 0 saturated carbocycles. The van der Waals surface area contributed by atoms with Gasteiger partial charge in [0.15, 0.2) is 5.16 Å². The molecule has 0 radical (unpaired) electrons. The van der Waals surface area contributed by atoms with Crippen LogP contribution in [0.1, 0.15) is 5.56 Å². The number of nitro groups is 1. The van der Waals surface area contributed by atoms with Gasteiger partial charge in [0, 0.05) is 17.9 Å². The van der Waals surface area contributed by atoms with Gasteiger partial charge in [-0.3, -0.25) is 10.1 Å². The second kappa shape index (κ2) is 5.66. The van der Waals surface area contributed by atoms with Crippen molar-refractivity contribution >= 4 is 44.8 Å². The van der Waals surface area contributed by atoms with Crippen molar-refractivity contribution in [3.05, 3.63) is 51.4 Å². The maximum atomic E-state index is 10.6. The van der Waals surface area contributed by atoms with Gasteiger partial charge in [-0.15, -0.1) is 11.3 Å². The molecule has 6 nitrogen and oxygen atoms in total. The smallest absolute Gasteiger partial charge is 0.269 e. The number of fused-ring (bicyclic) bond motifs is 1. The second-order valence-electron chi connectivity index (χ2n) is 4.24. The molecule has 0 spiro atoms. The highest BCUT2D eigenvalue weighted by Crippen LogP contribution is 2.28. The summed E-state index contributed by atoms with van der Waals surface area (Å²) in [5.41, 5.74) is 6.95. The molecule has 0 aliphatic heterocycles. The van der Waals surface area contributed by atoms with Crippen LogP contribution in [-0.2, 0) is 5.75 Å². The van der Waals surface area contributed by atoms with Crippen LogP contribution in [0, 0.1) is 10.1 Å². The van der Waals surface area contributed by atoms with Gasteiger partial charge in [0.1, 0.15) is 10.6 Å². The molecule has 0 amide bonds. The summed E-state index contributed by atoms with van der Waals surface area (Å²) in [5.74, 6) is 1.11. The zero-order valence-corrected chi connectivity index (χ0v) is 12.4. The van der Waals surface area contributed by atoms with E-state index in [2.05, 4.69) is 9.97 Å². The van der Waals surface area contributed by atoms with Gasteiger partial charge in [-0.1, -0.05) is 23.9 Å². The van der Waals surface area contributed by atoms with Gasteiger partial charge in [-0.05, 0) is 17.0 Å². The number of rotatable bonds is 4. The Morgan fingerprint density at radius 1 is 1.24 bits per heavy atom. The third-order valence-corrected chi connectivity index (χ3v) is 4.57. The van der Waals surface area contributed by atoms with E-state index >= 15 is 0 Å². The van der Waals surface area contributed by atoms with Gasteiger partial charge >= 0.3 is 0 Å². The molecule has 2 aromatic heterocycles. The minimum Gasteiger partial charge on any atom is -0.383 e. The van der Waals surface area contributed by atoms with Crippen LogP contribution in [0.2, 0.25) is 0 Å². The minimum atomic E-state index is -0.411. The summed E-state index contributed by atoms with van der Waals surface area (Å²) in [7, 11) is 0. The zero-order chi connectivity index (χ0) is 14.8. The Balaban J connectivity index is 1.75. The number of nitrogens with two attached hydrogens (primary N) is 1. The van der Waals surface area contributed by atoms with E-state index in [-0.39, 0.29) is 5.69 Å². The molecule has 0 saturated heterocycles. The molecule has 0 atom stereocenters. The summed E-state index contributed by atoms with van der Waals surface area (Å²) in [4.78, 5) is 19.8. The Morgan fingerprint density at radius 2 is 2.00 bits per heavy atom. The van der Waals surface area contributed by atoms with Crippen LogP contribution < -0.4 is 5.73 Å². The van der Waals surface area contributed by atoms with E-state index in [0.717, 1.165) is 15.8 Å². The van der Waals surface area contributed by atoms with Crippen LogP contribution in [0.5, 0.6) is 0 Å². The number of nitrogens with zero attached hydrogens (tertiary/aromatic N) is 3. The lowest BCUT2D eigenvalue weighted by Crippen LogP contribution is -1.95. The van der Waals surface area contributed by atoms with Crippen LogP contribution in [0.25, 0.3) is 10.2 Å². The molecule has 106 valence electrons. The lowest BCUT2D eigenvalue weighted by molar-refractivity contribution is -0.384. The average Bonchev–Trinajstić information content (AvgIpc) is 2.94. The quantitative estimate of drug-likeness (QED) is 0.342. The number of nitro benzene ring substituents is 1. The first-order valence-corrected chi connectivity index (χ1v) is 7.87. The molecule has 0 aliphatic carbocycles. The number of hydrogen-bond acceptors (Lipinski definition) is 7. The molecule has 2 N–H and O–H groups in total. The third kappa shape index (κ3) is 2.96. The van der Waals surface area contributed by atoms with Gasteiger partial charge < -0.3 is 5.73 Å². The SMILES string of the molecule is Nc1nc(SCc2ccc([N+](=O)[O-])cc2)nc2sccc12. The molecule has 3 aromatic rings. The van der Waals surface area contributed by atoms with Crippen LogP contribution in [0.3, 0.4) is 0 Å². The lowest BCUT2D eigenvalue weighted by Gasteiger charge is -2.02. The highest BCUT2D eigenvalue weighted by Gasteiger charge is 2.08. The monoisotopic (exact) mass is 318 g/mol. The number of thiophene rings is 1. The summed E-state index contributed by atoms with van der Waals surface area (Å²) in [5, 5.41) is 14.0. The minimum absolute atomic E-state index is 0.0873. The number of benzene rings is 1. The standard InChI is InChI=1S/C13H10N4O2S2/c14-11-10-5-6-20-12(10)16-13(15-11)21-7-8-1-3-9(4-2-8)17(18)19/h1-6H,7H2,(H2,14,15,16). The van der Waals surface area contributed by atoms with Crippen LogP contribution >= 0.6 is 23.1 Å². The Morgan fingerprint density at radius 3 is 2.71 bits per heavy atom. The van der Waals surface area contributed by atoms with Crippen molar-refractivity contribution in [2.45, 2.75) is 10.9 Å². The molecule has 0 aliphatic rings. The van der Waals surface area contributed by atoms with Crippen molar-refractivity contribution in [3.63, 3.8) is 0 Å². The van der Waals surface area contributed by atoms with Crippen molar-refractivity contribution in [3.8, 4) is 0 Å². The summed E-state index contributed by atoms with van der Waals surface area (Å²) >= 11 is 2.98. The molecule has 8 heteroatoms. The van der Waals surface area contributed by atoms with Crippen molar-refractivity contribution < 1.29 is 4.92 Å². The molecule has 3 rings (SSSR count). The van der Waals surface area contributed by atoms with E-state index in [1.807, 2.05) is 11.4 Å². The third-order valence-electron chi connectivity index (χ3n) is 2.85. The van der Waals surface area contributed by atoms with E-state index in [1.54, 1.807) is 12.1 Å². The lowest BCUT2D eigenvalue weighted by atomic mass is 10.2. The largest absolute Gasteiger partial charge is 0.383 e. The predicted octanol–water partition coefficient (Wildman–Crippen LogP) is 3.47. The van der Waals surface area contributed by atoms with E-state index in [1.165, 1.54) is 35.2 Å². The molecular weight excluding hydrogens is 308 g/mol. The molecule has 0 bridgehead atoms. The summed E-state index contributed by atoms with van der Waals surface area (Å²) in [6.07, 6.45) is 0. The van der Waals surface area contributed by atoms with E-state index in [0.29, 0.717) is 16.7 Å². The van der Waals surface area contributed by atoms with Crippen LogP contribution in [-0.4, -0.2) is 14.9 Å². The van der Waals surface area contributed by atoms with E-state index in [9.17, 15) is 10.1 Å². The molecule has 0 unspecified atom stereocenters. The second-order valence-corrected chi connectivity index (χ2v) is 6.08. The Bertz CT molecular complexity index is 802. The number of non-ortho nitro benzene ring substituents is 1. The maximum Gasteiger partial charge on any atom is 0.269 e. The van der Waals surface area contributed by atoms with Crippen molar-refractivity contribution in [2.75, 3.05) is 5.73 Å². The molecular formula is C13H10N4O2S2. The fourth-order valence-corrected chi connectivity index (χ4v) is 3.42. The van der Waals surface area contributed by atoms with Crippen LogP contribution in [0.4, 0.5) is 11.5 Å². The van der Waals surface area contributed by atoms with Gasteiger partial charge in [0.25, 0.3) is 5.69 Å². The van der Waals surface area contributed by atoms with Crippen LogP contribution in [0.15, 0.2) is 40.9 Å². The summed E-state index contributed by atoms with van der Waals surface area (Å²) < 4.78 is 0. The molecule has 1 aromatic carbocycles. The zero-order valence-electron chi connectivity index (χ0n) is 10.7. The fraction of sp³-hybridized carbons (Fsp3) is 0.0769. The van der Waals surface area contributed by atoms with Gasteiger partial charge in [-0.25, -0.2) is 9.97 Å². The van der Waals surface area contributed by atoms with Gasteiger partial charge in [0.2, 0.25) is 0 Å². The normalized spacial score (nSPS) is 10.9. The highest BCUT2D eigenvalue weighted by molar-refractivity contribution is 7.98. The van der Waals surface area contributed by atoms with E-state index in [4.69, 9.17) is 5.73 Å². The highest BCUT2D eigenvalue weighted by atomic mass is 32.2. The first-order valence-electron chi connectivity index (χ1n) is 6.00. The summed E-state index contributed by atoms with van der Waals surface area (Å²) in [6.45, 7) is 0. The molecule has 0 fully saturated rings.